The molecule has 4 rings (SSSR count). The number of hydrogen-bond acceptors (Lipinski definition) is 6. The number of methoxy groups -OCH3 is 1. The second-order valence-electron chi connectivity index (χ2n) is 5.58. The number of aromatic nitrogens is 3. The molecule has 1 N–H and O–H groups in total. The molecule has 6 heteroatoms. The Labute approximate surface area is 127 Å². The molecule has 0 amide bonds. The molecule has 3 aromatic rings. The minimum atomic E-state index is 0.609. The Hall–Kier alpha value is -2.21. The maximum Gasteiger partial charge on any atom is 0.229 e. The topological polar surface area (TPSA) is 73.1 Å². The van der Waals surface area contributed by atoms with Gasteiger partial charge in [-0.1, -0.05) is 0 Å². The van der Waals surface area contributed by atoms with Gasteiger partial charge < -0.3 is 14.5 Å². The predicted octanol–water partition coefficient (Wildman–Crippen LogP) is 2.71. The summed E-state index contributed by atoms with van der Waals surface area (Å²) < 4.78 is 11.0. The first-order valence-electron chi connectivity index (χ1n) is 7.65. The van der Waals surface area contributed by atoms with Crippen molar-refractivity contribution in [3.05, 3.63) is 23.7 Å². The van der Waals surface area contributed by atoms with E-state index in [1.54, 1.807) is 13.4 Å². The molecule has 3 heterocycles. The SMILES string of the molecule is COCCNc1ncnc2c1oc1nc3c(cc12)CCCC3. The first-order valence-corrected chi connectivity index (χ1v) is 7.65. The van der Waals surface area contributed by atoms with Gasteiger partial charge in [0, 0.05) is 19.3 Å². The Balaban J connectivity index is 1.84. The van der Waals surface area contributed by atoms with Crippen LogP contribution in [0.5, 0.6) is 0 Å². The van der Waals surface area contributed by atoms with Crippen LogP contribution in [0.15, 0.2) is 16.8 Å². The number of nitrogens with zero attached hydrogens (tertiary/aromatic N) is 3. The van der Waals surface area contributed by atoms with Crippen LogP contribution in [0.3, 0.4) is 0 Å². The minimum absolute atomic E-state index is 0.609. The lowest BCUT2D eigenvalue weighted by Gasteiger charge is -2.13. The van der Waals surface area contributed by atoms with E-state index in [4.69, 9.17) is 14.1 Å². The molecule has 0 bridgehead atoms. The third-order valence-electron chi connectivity index (χ3n) is 4.12. The first-order chi connectivity index (χ1) is 10.9. The second-order valence-corrected chi connectivity index (χ2v) is 5.58. The Morgan fingerprint density at radius 2 is 2.18 bits per heavy atom. The maximum absolute atomic E-state index is 5.94. The van der Waals surface area contributed by atoms with Gasteiger partial charge in [0.2, 0.25) is 5.71 Å². The van der Waals surface area contributed by atoms with Crippen LogP contribution in [0.2, 0.25) is 0 Å². The Kier molecular flexibility index (Phi) is 3.38. The van der Waals surface area contributed by atoms with Gasteiger partial charge in [-0.15, -0.1) is 0 Å². The molecule has 0 saturated heterocycles. The number of furan rings is 1. The van der Waals surface area contributed by atoms with Gasteiger partial charge in [-0.05, 0) is 37.3 Å². The van der Waals surface area contributed by atoms with Crippen LogP contribution >= 0.6 is 0 Å². The average molecular weight is 298 g/mol. The molecule has 0 atom stereocenters. The van der Waals surface area contributed by atoms with Crippen molar-refractivity contribution in [1.29, 1.82) is 0 Å². The molecule has 0 saturated carbocycles. The van der Waals surface area contributed by atoms with Crippen molar-refractivity contribution < 1.29 is 9.15 Å². The van der Waals surface area contributed by atoms with Gasteiger partial charge in [0.05, 0.1) is 12.0 Å². The minimum Gasteiger partial charge on any atom is -0.432 e. The monoisotopic (exact) mass is 298 g/mol. The van der Waals surface area contributed by atoms with E-state index in [0.717, 1.165) is 23.7 Å². The van der Waals surface area contributed by atoms with E-state index in [9.17, 15) is 0 Å². The van der Waals surface area contributed by atoms with E-state index < -0.39 is 0 Å². The van der Waals surface area contributed by atoms with Crippen molar-refractivity contribution in [2.24, 2.45) is 0 Å². The molecule has 0 aliphatic heterocycles. The van der Waals surface area contributed by atoms with Crippen LogP contribution in [0.25, 0.3) is 22.2 Å². The van der Waals surface area contributed by atoms with E-state index in [0.29, 0.717) is 30.3 Å². The number of rotatable bonds is 4. The van der Waals surface area contributed by atoms with Gasteiger partial charge in [0.25, 0.3) is 0 Å². The summed E-state index contributed by atoms with van der Waals surface area (Å²) in [5.74, 6) is 0.693. The second kappa shape index (κ2) is 5.53. The van der Waals surface area contributed by atoms with Gasteiger partial charge in [-0.3, -0.25) is 0 Å². The van der Waals surface area contributed by atoms with Gasteiger partial charge in [0.15, 0.2) is 11.4 Å². The highest BCUT2D eigenvalue weighted by molar-refractivity contribution is 6.04. The highest BCUT2D eigenvalue weighted by Gasteiger charge is 2.18. The van der Waals surface area contributed by atoms with Gasteiger partial charge in [0.1, 0.15) is 11.8 Å². The van der Waals surface area contributed by atoms with Gasteiger partial charge in [-0.25, -0.2) is 15.0 Å². The van der Waals surface area contributed by atoms with E-state index in [-0.39, 0.29) is 0 Å². The lowest BCUT2D eigenvalue weighted by molar-refractivity contribution is 0.210. The number of fused-ring (bicyclic) bond motifs is 4. The lowest BCUT2D eigenvalue weighted by atomic mass is 9.95. The highest BCUT2D eigenvalue weighted by atomic mass is 16.5. The average Bonchev–Trinajstić information content (AvgIpc) is 2.91. The largest absolute Gasteiger partial charge is 0.432 e. The van der Waals surface area contributed by atoms with E-state index in [1.165, 1.54) is 24.1 Å². The van der Waals surface area contributed by atoms with E-state index >= 15 is 0 Å². The van der Waals surface area contributed by atoms with Crippen molar-refractivity contribution in [3.63, 3.8) is 0 Å². The smallest absolute Gasteiger partial charge is 0.229 e. The van der Waals surface area contributed by atoms with Gasteiger partial charge in [-0.2, -0.15) is 0 Å². The van der Waals surface area contributed by atoms with Crippen molar-refractivity contribution in [1.82, 2.24) is 15.0 Å². The molecule has 6 nitrogen and oxygen atoms in total. The quantitative estimate of drug-likeness (QED) is 0.747. The standard InChI is InChI=1S/C16H18N4O2/c1-21-7-6-17-15-14-13(18-9-19-15)11-8-10-4-2-3-5-12(10)20-16(11)22-14/h8-9H,2-7H2,1H3,(H,17,18,19). The fourth-order valence-electron chi connectivity index (χ4n) is 3.02. The fourth-order valence-corrected chi connectivity index (χ4v) is 3.02. The van der Waals surface area contributed by atoms with Crippen LogP contribution in [0.1, 0.15) is 24.1 Å². The summed E-state index contributed by atoms with van der Waals surface area (Å²) in [7, 11) is 1.67. The number of pyridine rings is 1. The lowest BCUT2D eigenvalue weighted by Crippen LogP contribution is -2.08. The van der Waals surface area contributed by atoms with Crippen LogP contribution in [0, 0.1) is 0 Å². The highest BCUT2D eigenvalue weighted by Crippen LogP contribution is 2.32. The van der Waals surface area contributed by atoms with Crippen molar-refractivity contribution in [2.75, 3.05) is 25.6 Å². The van der Waals surface area contributed by atoms with Gasteiger partial charge >= 0.3 is 0 Å². The molecule has 0 aromatic carbocycles. The molecule has 0 fully saturated rings. The molecule has 0 radical (unpaired) electrons. The summed E-state index contributed by atoms with van der Waals surface area (Å²) in [6.45, 7) is 1.28. The van der Waals surface area contributed by atoms with Crippen LogP contribution in [-0.4, -0.2) is 35.2 Å². The summed E-state index contributed by atoms with van der Waals surface area (Å²) in [4.78, 5) is 13.4. The first kappa shape index (κ1) is 13.5. The zero-order chi connectivity index (χ0) is 14.9. The van der Waals surface area contributed by atoms with E-state index in [2.05, 4.69) is 21.4 Å². The maximum atomic E-state index is 5.94. The molecule has 3 aromatic heterocycles. The van der Waals surface area contributed by atoms with Crippen LogP contribution < -0.4 is 5.32 Å². The van der Waals surface area contributed by atoms with Crippen molar-refractivity contribution >= 4 is 28.0 Å². The molecule has 1 aliphatic rings. The zero-order valence-electron chi connectivity index (χ0n) is 12.6. The number of nitrogens with one attached hydrogen (secondary N) is 1. The molecular weight excluding hydrogens is 280 g/mol. The summed E-state index contributed by atoms with van der Waals surface area (Å²) >= 11 is 0. The number of ether oxygens (including phenoxy) is 1. The Morgan fingerprint density at radius 1 is 1.27 bits per heavy atom. The summed E-state index contributed by atoms with van der Waals surface area (Å²) in [5, 5.41) is 4.20. The normalized spacial score (nSPS) is 14.4. The summed E-state index contributed by atoms with van der Waals surface area (Å²) in [5.41, 5.74) is 4.65. The Bertz CT molecular complexity index is 828. The number of anilines is 1. The molecule has 0 unspecified atom stereocenters. The molecular formula is C16H18N4O2. The van der Waals surface area contributed by atoms with E-state index in [1.807, 2.05) is 0 Å². The fraction of sp³-hybridized carbons (Fsp3) is 0.438. The molecule has 114 valence electrons. The van der Waals surface area contributed by atoms with Crippen molar-refractivity contribution in [3.8, 4) is 0 Å². The van der Waals surface area contributed by atoms with Crippen LogP contribution in [0.4, 0.5) is 5.82 Å². The molecule has 1 aliphatic carbocycles. The summed E-state index contributed by atoms with van der Waals surface area (Å²) in [6.07, 6.45) is 6.12. The molecule has 0 spiro atoms. The third kappa shape index (κ3) is 2.20. The zero-order valence-corrected chi connectivity index (χ0v) is 12.6. The number of hydrogen-bond donors (Lipinski definition) is 1. The van der Waals surface area contributed by atoms with Crippen molar-refractivity contribution in [2.45, 2.75) is 25.7 Å². The molecule has 22 heavy (non-hydrogen) atoms. The van der Waals surface area contributed by atoms with Crippen LogP contribution in [-0.2, 0) is 17.6 Å². The summed E-state index contributed by atoms with van der Waals surface area (Å²) in [6, 6.07) is 2.19. The number of aryl methyl sites for hydroxylation is 2. The Morgan fingerprint density at radius 3 is 3.09 bits per heavy atom. The third-order valence-corrected chi connectivity index (χ3v) is 4.12. The predicted molar refractivity (Wildman–Crippen MR) is 84.1 cm³/mol.